The van der Waals surface area contributed by atoms with Crippen LogP contribution in [0, 0.1) is 11.8 Å². The second-order valence-corrected chi connectivity index (χ2v) is 15.7. The summed E-state index contributed by atoms with van der Waals surface area (Å²) in [5.41, 5.74) is 1.22. The molecule has 14 nitrogen and oxygen atoms in total. The summed E-state index contributed by atoms with van der Waals surface area (Å²) in [7, 11) is -3.91. The molecule has 4 amide bonds. The van der Waals surface area contributed by atoms with Crippen LogP contribution < -0.4 is 15.4 Å². The summed E-state index contributed by atoms with van der Waals surface area (Å²) in [6.45, 7) is 9.34. The summed E-state index contributed by atoms with van der Waals surface area (Å²) in [6.07, 6.45) is 3.53. The third kappa shape index (κ3) is 8.48. The Hall–Kier alpha value is -4.40. The predicted octanol–water partition coefficient (Wildman–Crippen LogP) is 3.01. The van der Waals surface area contributed by atoms with Crippen LogP contribution in [-0.2, 0) is 40.4 Å². The molecule has 3 N–H and O–H groups in total. The van der Waals surface area contributed by atoms with Gasteiger partial charge in [0.25, 0.3) is 5.91 Å². The van der Waals surface area contributed by atoms with Crippen LogP contribution in [0.4, 0.5) is 4.79 Å². The number of alkyl carbamates (subject to hydrolysis) is 1. The fourth-order valence-electron chi connectivity index (χ4n) is 6.44. The topological polar surface area (TPSA) is 182 Å². The van der Waals surface area contributed by atoms with Crippen LogP contribution in [0.15, 0.2) is 43.0 Å². The number of rotatable bonds is 8. The minimum absolute atomic E-state index is 0.101. The number of amides is 4. The molecule has 1 aromatic carbocycles. The summed E-state index contributed by atoms with van der Waals surface area (Å²) >= 11 is 0. The molecule has 1 aromatic heterocycles. The minimum Gasteiger partial charge on any atom is -0.456 e. The molecule has 50 heavy (non-hydrogen) atoms. The van der Waals surface area contributed by atoms with E-state index in [0.29, 0.717) is 31.5 Å². The van der Waals surface area contributed by atoms with Crippen molar-refractivity contribution < 1.29 is 41.9 Å². The molecule has 3 heterocycles. The number of cyclic esters (lactones) is 1. The molecule has 1 saturated heterocycles. The monoisotopic (exact) mass is 713 g/mol. The highest BCUT2D eigenvalue weighted by molar-refractivity contribution is 7.90. The largest absolute Gasteiger partial charge is 0.456 e. The number of para-hydroxylation sites is 1. The van der Waals surface area contributed by atoms with E-state index in [1.165, 1.54) is 11.0 Å². The molecule has 1 aliphatic carbocycles. The van der Waals surface area contributed by atoms with E-state index in [1.54, 1.807) is 26.8 Å². The number of aryl methyl sites for hydroxylation is 1. The van der Waals surface area contributed by atoms with Crippen molar-refractivity contribution in [2.45, 2.75) is 102 Å². The van der Waals surface area contributed by atoms with Crippen molar-refractivity contribution in [2.24, 2.45) is 11.8 Å². The molecular formula is C35H47N5O9S. The van der Waals surface area contributed by atoms with E-state index in [-0.39, 0.29) is 19.6 Å². The SMILES string of the molecule is C=C[C@H](C)C(NC(=O)[C@@H]1C[C@@H]2CN1C(=O)[C@H](C(C)C)NC(=O)OCCCCCCn1c(cc3ccccc31)C(=O)O2)C(=O)NS(=O)(=O)C1CC1. The van der Waals surface area contributed by atoms with Gasteiger partial charge in [-0.3, -0.25) is 19.1 Å². The van der Waals surface area contributed by atoms with Gasteiger partial charge in [-0.2, -0.15) is 0 Å². The Morgan fingerprint density at radius 1 is 1.06 bits per heavy atom. The number of fused-ring (bicyclic) bond motifs is 5. The number of sulfonamides is 1. The van der Waals surface area contributed by atoms with Gasteiger partial charge in [0, 0.05) is 29.8 Å². The average molecular weight is 714 g/mol. The zero-order valence-electron chi connectivity index (χ0n) is 28.8. The summed E-state index contributed by atoms with van der Waals surface area (Å²) < 4.78 is 40.5. The van der Waals surface area contributed by atoms with Gasteiger partial charge in [-0.15, -0.1) is 6.58 Å². The Labute approximate surface area is 292 Å². The van der Waals surface area contributed by atoms with Crippen molar-refractivity contribution in [3.8, 4) is 0 Å². The molecule has 1 saturated carbocycles. The summed E-state index contributed by atoms with van der Waals surface area (Å²) in [6, 6.07) is 5.76. The van der Waals surface area contributed by atoms with Gasteiger partial charge in [-0.1, -0.05) is 51.5 Å². The van der Waals surface area contributed by atoms with Gasteiger partial charge >= 0.3 is 12.1 Å². The molecule has 5 rings (SSSR count). The van der Waals surface area contributed by atoms with Crippen molar-refractivity contribution in [3.63, 3.8) is 0 Å². The number of hydrogen-bond donors (Lipinski definition) is 3. The minimum atomic E-state index is -3.91. The molecule has 0 radical (unpaired) electrons. The van der Waals surface area contributed by atoms with Crippen molar-refractivity contribution >= 4 is 50.7 Å². The molecule has 5 atom stereocenters. The lowest BCUT2D eigenvalue weighted by atomic mass is 10.00. The van der Waals surface area contributed by atoms with E-state index in [1.807, 2.05) is 28.8 Å². The first-order valence-corrected chi connectivity index (χ1v) is 18.9. The molecule has 3 aliphatic rings. The van der Waals surface area contributed by atoms with E-state index < -0.39 is 81.1 Å². The van der Waals surface area contributed by atoms with Crippen molar-refractivity contribution in [3.05, 3.63) is 48.7 Å². The molecule has 2 fully saturated rings. The first-order valence-electron chi connectivity index (χ1n) is 17.3. The first-order chi connectivity index (χ1) is 23.8. The van der Waals surface area contributed by atoms with E-state index in [2.05, 4.69) is 21.9 Å². The number of benzene rings is 1. The van der Waals surface area contributed by atoms with Gasteiger partial charge in [-0.05, 0) is 50.2 Å². The Balaban J connectivity index is 1.45. The fourth-order valence-corrected chi connectivity index (χ4v) is 7.78. The average Bonchev–Trinajstić information content (AvgIpc) is 3.77. The second kappa shape index (κ2) is 15.7. The molecule has 0 spiro atoms. The van der Waals surface area contributed by atoms with Gasteiger partial charge in [0.05, 0.1) is 18.4 Å². The maximum atomic E-state index is 14.1. The van der Waals surface area contributed by atoms with E-state index in [4.69, 9.17) is 9.47 Å². The summed E-state index contributed by atoms with van der Waals surface area (Å²) in [5, 5.41) is 5.48. The molecule has 1 unspecified atom stereocenters. The number of carbonyl (C=O) groups is 5. The molecule has 2 aromatic rings. The van der Waals surface area contributed by atoms with Crippen LogP contribution in [0.25, 0.3) is 10.9 Å². The van der Waals surface area contributed by atoms with Gasteiger partial charge in [0.15, 0.2) is 0 Å². The van der Waals surface area contributed by atoms with Crippen molar-refractivity contribution in [1.29, 1.82) is 0 Å². The van der Waals surface area contributed by atoms with E-state index in [9.17, 15) is 32.4 Å². The predicted molar refractivity (Wildman–Crippen MR) is 184 cm³/mol. The number of ether oxygens (including phenoxy) is 2. The number of carbonyl (C=O) groups excluding carboxylic acids is 5. The molecule has 15 heteroatoms. The fraction of sp³-hybridized carbons (Fsp3) is 0.571. The Morgan fingerprint density at radius 2 is 1.78 bits per heavy atom. The first kappa shape index (κ1) is 36.9. The van der Waals surface area contributed by atoms with E-state index >= 15 is 0 Å². The molecule has 2 aliphatic heterocycles. The Bertz CT molecular complexity index is 1730. The third-order valence-corrected chi connectivity index (χ3v) is 11.4. The lowest BCUT2D eigenvalue weighted by Crippen LogP contribution is -2.58. The number of esters is 1. The zero-order valence-corrected chi connectivity index (χ0v) is 29.6. The van der Waals surface area contributed by atoms with Crippen molar-refractivity contribution in [1.82, 2.24) is 24.8 Å². The van der Waals surface area contributed by atoms with Crippen LogP contribution in [-0.4, -0.2) is 90.3 Å². The van der Waals surface area contributed by atoms with Gasteiger partial charge in [0.2, 0.25) is 21.8 Å². The molecular weight excluding hydrogens is 666 g/mol. The summed E-state index contributed by atoms with van der Waals surface area (Å²) in [5.74, 6) is -3.97. The smallest absolute Gasteiger partial charge is 0.407 e. The highest BCUT2D eigenvalue weighted by Gasteiger charge is 2.46. The lowest BCUT2D eigenvalue weighted by molar-refractivity contribution is -0.141. The second-order valence-electron chi connectivity index (χ2n) is 13.7. The van der Waals surface area contributed by atoms with Gasteiger partial charge in [0.1, 0.15) is 29.9 Å². The highest BCUT2D eigenvalue weighted by atomic mass is 32.2. The summed E-state index contributed by atoms with van der Waals surface area (Å²) in [4.78, 5) is 69.1. The number of nitrogens with one attached hydrogen (secondary N) is 3. The third-order valence-electron chi connectivity index (χ3n) is 9.54. The number of hydrogen-bond acceptors (Lipinski definition) is 9. The maximum Gasteiger partial charge on any atom is 0.407 e. The van der Waals surface area contributed by atoms with Crippen LogP contribution in [0.5, 0.6) is 0 Å². The normalized spacial score (nSPS) is 23.8. The molecule has 272 valence electrons. The Kier molecular flexibility index (Phi) is 11.5. The maximum absolute atomic E-state index is 14.1. The van der Waals surface area contributed by atoms with Gasteiger partial charge < -0.3 is 29.6 Å². The van der Waals surface area contributed by atoms with E-state index in [0.717, 1.165) is 30.2 Å². The quantitative estimate of drug-likeness (QED) is 0.274. The number of aromatic nitrogens is 1. The highest BCUT2D eigenvalue weighted by Crippen LogP contribution is 2.29. The standard InChI is InChI=1S/C35H47N5O9S/c1-5-22(4)30(32(42)38-50(46,47)25-14-15-25)36-31(41)27-19-24-20-40(27)33(43)29(21(2)3)37-35(45)48-17-11-7-6-10-16-39-26-13-9-8-12-23(26)18-28(39)34(44)49-24/h5,8-9,12-13,18,21-22,24-25,27,29-30H,1,6-7,10-11,14-17,19-20H2,2-4H3,(H,36,41)(H,37,45)(H,38,42)/t22-,24+,27-,29-,30?/m0/s1. The van der Waals surface area contributed by atoms with Crippen LogP contribution in [0.2, 0.25) is 0 Å². The van der Waals surface area contributed by atoms with Crippen LogP contribution >= 0.6 is 0 Å². The zero-order chi connectivity index (χ0) is 36.2. The Morgan fingerprint density at radius 3 is 2.48 bits per heavy atom. The van der Waals surface area contributed by atoms with Gasteiger partial charge in [-0.25, -0.2) is 18.0 Å². The number of nitrogens with zero attached hydrogens (tertiary/aromatic N) is 2. The molecule has 2 bridgehead atoms. The van der Waals surface area contributed by atoms with Crippen molar-refractivity contribution in [2.75, 3.05) is 13.2 Å². The lowest BCUT2D eigenvalue weighted by Gasteiger charge is -2.31. The van der Waals surface area contributed by atoms with Crippen LogP contribution in [0.1, 0.15) is 76.2 Å². The van der Waals surface area contributed by atoms with Crippen LogP contribution in [0.3, 0.4) is 0 Å².